The third-order valence-corrected chi connectivity index (χ3v) is 3.79. The molecule has 0 radical (unpaired) electrons. The van der Waals surface area contributed by atoms with Crippen molar-refractivity contribution in [2.45, 2.75) is 6.92 Å². The van der Waals surface area contributed by atoms with Gasteiger partial charge in [-0.1, -0.05) is 91.5 Å². The Balaban J connectivity index is 2.11. The lowest BCUT2D eigenvalue weighted by molar-refractivity contribution is 1.18. The largest absolute Gasteiger partial charge is 0.252 e. The van der Waals surface area contributed by atoms with E-state index in [-0.39, 0.29) is 0 Å². The topological polar surface area (TPSA) is 25.8 Å². The van der Waals surface area contributed by atoms with E-state index in [0.717, 1.165) is 33.8 Å². The van der Waals surface area contributed by atoms with Crippen LogP contribution < -0.4 is 0 Å². The van der Waals surface area contributed by atoms with Crippen LogP contribution in [-0.4, -0.2) is 9.97 Å². The highest BCUT2D eigenvalue weighted by Gasteiger charge is 2.12. The molecular weight excluding hydrogens is 304 g/mol. The van der Waals surface area contributed by atoms with Crippen molar-refractivity contribution in [3.8, 4) is 22.5 Å². The molecule has 2 nitrogen and oxygen atoms in total. The van der Waals surface area contributed by atoms with Crippen LogP contribution in [0.15, 0.2) is 97.7 Å². The highest BCUT2D eigenvalue weighted by molar-refractivity contribution is 5.81. The molecule has 3 rings (SSSR count). The van der Waals surface area contributed by atoms with Gasteiger partial charge in [0.25, 0.3) is 0 Å². The van der Waals surface area contributed by atoms with Gasteiger partial charge in [0.1, 0.15) is 0 Å². The van der Waals surface area contributed by atoms with Crippen LogP contribution in [0.5, 0.6) is 0 Å². The van der Waals surface area contributed by atoms with Gasteiger partial charge in [0.05, 0.1) is 23.3 Å². The monoisotopic (exact) mass is 324 g/mol. The van der Waals surface area contributed by atoms with Crippen LogP contribution in [-0.2, 0) is 0 Å². The first-order valence-corrected chi connectivity index (χ1v) is 8.26. The molecule has 2 heteroatoms. The Morgan fingerprint density at radius 1 is 0.880 bits per heavy atom. The lowest BCUT2D eigenvalue weighted by Crippen LogP contribution is -1.98. The fourth-order valence-corrected chi connectivity index (χ4v) is 2.53. The molecule has 0 amide bonds. The highest BCUT2D eigenvalue weighted by atomic mass is 14.8. The van der Waals surface area contributed by atoms with Gasteiger partial charge in [0.2, 0.25) is 0 Å². The summed E-state index contributed by atoms with van der Waals surface area (Å²) < 4.78 is 0. The summed E-state index contributed by atoms with van der Waals surface area (Å²) in [6.45, 7) is 6.18. The molecule has 3 aromatic rings. The third kappa shape index (κ3) is 3.99. The molecular formula is C23H20N2. The smallest absolute Gasteiger partial charge is 0.0966 e. The number of benzene rings is 2. The van der Waals surface area contributed by atoms with Crippen LogP contribution in [0.3, 0.4) is 0 Å². The first-order valence-electron chi connectivity index (χ1n) is 8.26. The normalized spacial score (nSPS) is 11.2. The zero-order valence-corrected chi connectivity index (χ0v) is 14.3. The van der Waals surface area contributed by atoms with Crippen molar-refractivity contribution < 1.29 is 0 Å². The Hall–Kier alpha value is -3.26. The second-order valence-corrected chi connectivity index (χ2v) is 5.59. The van der Waals surface area contributed by atoms with Crippen molar-refractivity contribution >= 4 is 5.57 Å². The standard InChI is InChI=1S/C23H20N2/c1-3-4-7-12-18(2)22-23(20-15-10-6-11-16-20)24-17-21(25-22)19-13-8-5-9-14-19/h3-17H,2H2,1H3/b4-3-,12-7-. The molecule has 0 fully saturated rings. The van der Waals surface area contributed by atoms with Crippen molar-refractivity contribution in [1.29, 1.82) is 0 Å². The van der Waals surface area contributed by atoms with E-state index in [9.17, 15) is 0 Å². The zero-order chi connectivity index (χ0) is 17.5. The van der Waals surface area contributed by atoms with Crippen molar-refractivity contribution in [1.82, 2.24) is 9.97 Å². The summed E-state index contributed by atoms with van der Waals surface area (Å²) >= 11 is 0. The fraction of sp³-hybridized carbons (Fsp3) is 0.0435. The SMILES string of the molecule is C=C(/C=C\C=C/C)c1nc(-c2ccccc2)cnc1-c1ccccc1. The van der Waals surface area contributed by atoms with Crippen LogP contribution in [0.2, 0.25) is 0 Å². The van der Waals surface area contributed by atoms with Gasteiger partial charge in [-0.2, -0.15) is 0 Å². The quantitative estimate of drug-likeness (QED) is 0.541. The van der Waals surface area contributed by atoms with Crippen LogP contribution >= 0.6 is 0 Å². The lowest BCUT2D eigenvalue weighted by atomic mass is 10.0. The van der Waals surface area contributed by atoms with E-state index in [2.05, 4.69) is 6.58 Å². The van der Waals surface area contributed by atoms with E-state index < -0.39 is 0 Å². The van der Waals surface area contributed by atoms with Crippen LogP contribution in [0.25, 0.3) is 28.1 Å². The van der Waals surface area contributed by atoms with E-state index in [1.165, 1.54) is 0 Å². The minimum atomic E-state index is 0.799. The molecule has 0 atom stereocenters. The third-order valence-electron chi connectivity index (χ3n) is 3.79. The molecule has 1 heterocycles. The average Bonchev–Trinajstić information content (AvgIpc) is 2.69. The van der Waals surface area contributed by atoms with Crippen LogP contribution in [0, 0.1) is 0 Å². The van der Waals surface area contributed by atoms with Crippen LogP contribution in [0.4, 0.5) is 0 Å². The number of allylic oxidation sites excluding steroid dienone is 5. The lowest BCUT2D eigenvalue weighted by Gasteiger charge is -2.10. The summed E-state index contributed by atoms with van der Waals surface area (Å²) in [6.07, 6.45) is 9.71. The Morgan fingerprint density at radius 3 is 2.16 bits per heavy atom. The summed E-state index contributed by atoms with van der Waals surface area (Å²) in [5.41, 5.74) is 5.40. The first kappa shape index (κ1) is 16.6. The molecule has 122 valence electrons. The molecule has 0 unspecified atom stereocenters. The molecule has 2 aromatic carbocycles. The summed E-state index contributed by atoms with van der Waals surface area (Å²) in [6, 6.07) is 20.2. The van der Waals surface area contributed by atoms with Crippen LogP contribution in [0.1, 0.15) is 12.6 Å². The van der Waals surface area contributed by atoms with E-state index in [4.69, 9.17) is 9.97 Å². The predicted molar refractivity (Wildman–Crippen MR) is 106 cm³/mol. The van der Waals surface area contributed by atoms with Crippen molar-refractivity contribution in [2.24, 2.45) is 0 Å². The molecule has 0 spiro atoms. The Bertz CT molecular complexity index is 907. The number of hydrogen-bond acceptors (Lipinski definition) is 2. The zero-order valence-electron chi connectivity index (χ0n) is 14.3. The Kier molecular flexibility index (Phi) is 5.32. The van der Waals surface area contributed by atoms with Gasteiger partial charge in [0, 0.05) is 11.1 Å². The van der Waals surface area contributed by atoms with Gasteiger partial charge in [-0.05, 0) is 12.5 Å². The maximum absolute atomic E-state index is 4.86. The van der Waals surface area contributed by atoms with Crippen molar-refractivity contribution in [3.63, 3.8) is 0 Å². The molecule has 0 saturated carbocycles. The van der Waals surface area contributed by atoms with Gasteiger partial charge in [-0.25, -0.2) is 4.98 Å². The van der Waals surface area contributed by atoms with Gasteiger partial charge in [0.15, 0.2) is 0 Å². The summed E-state index contributed by atoms with van der Waals surface area (Å²) in [5.74, 6) is 0. The maximum atomic E-state index is 4.86. The number of rotatable bonds is 5. The minimum Gasteiger partial charge on any atom is -0.252 e. The van der Waals surface area contributed by atoms with Crippen molar-refractivity contribution in [2.75, 3.05) is 0 Å². The molecule has 1 aromatic heterocycles. The molecule has 0 saturated heterocycles. The molecule has 0 bridgehead atoms. The molecule has 0 aliphatic rings. The Labute approximate surface area is 148 Å². The van der Waals surface area contributed by atoms with Gasteiger partial charge >= 0.3 is 0 Å². The van der Waals surface area contributed by atoms with E-state index in [1.54, 1.807) is 0 Å². The van der Waals surface area contributed by atoms with Gasteiger partial charge in [-0.15, -0.1) is 0 Å². The summed E-state index contributed by atoms with van der Waals surface area (Å²) in [4.78, 5) is 9.56. The molecule has 0 aliphatic heterocycles. The van der Waals surface area contributed by atoms with Gasteiger partial charge < -0.3 is 0 Å². The van der Waals surface area contributed by atoms with Gasteiger partial charge in [-0.3, -0.25) is 4.98 Å². The van der Waals surface area contributed by atoms with E-state index >= 15 is 0 Å². The summed E-state index contributed by atoms with van der Waals surface area (Å²) in [7, 11) is 0. The molecule has 0 N–H and O–H groups in total. The predicted octanol–water partition coefficient (Wildman–Crippen LogP) is 5.96. The van der Waals surface area contributed by atoms with E-state index in [0.29, 0.717) is 0 Å². The highest BCUT2D eigenvalue weighted by Crippen LogP contribution is 2.28. The Morgan fingerprint density at radius 2 is 1.52 bits per heavy atom. The second-order valence-electron chi connectivity index (χ2n) is 5.59. The van der Waals surface area contributed by atoms with E-state index in [1.807, 2.05) is 98.1 Å². The number of aromatic nitrogens is 2. The first-order chi connectivity index (χ1) is 12.3. The fourth-order valence-electron chi connectivity index (χ4n) is 2.53. The molecule has 0 aliphatic carbocycles. The average molecular weight is 324 g/mol. The molecule has 25 heavy (non-hydrogen) atoms. The van der Waals surface area contributed by atoms with Crippen molar-refractivity contribution in [3.05, 3.63) is 103 Å². The second kappa shape index (κ2) is 8.02. The number of hydrogen-bond donors (Lipinski definition) is 0. The maximum Gasteiger partial charge on any atom is 0.0966 e. The number of nitrogens with zero attached hydrogens (tertiary/aromatic N) is 2. The summed E-state index contributed by atoms with van der Waals surface area (Å²) in [5, 5.41) is 0. The minimum absolute atomic E-state index is 0.799.